The number of nitrogens with zero attached hydrogens (tertiary/aromatic N) is 2. The van der Waals surface area contributed by atoms with Crippen molar-refractivity contribution in [2.45, 2.75) is 58.5 Å². The van der Waals surface area contributed by atoms with Gasteiger partial charge >= 0.3 is 0 Å². The molecule has 0 aromatic carbocycles. The van der Waals surface area contributed by atoms with E-state index in [1.54, 1.807) is 4.68 Å². The highest BCUT2D eigenvalue weighted by Crippen LogP contribution is 2.31. The van der Waals surface area contributed by atoms with Crippen molar-refractivity contribution in [2.75, 3.05) is 6.61 Å². The number of aromatic nitrogens is 2. The molecule has 0 saturated heterocycles. The van der Waals surface area contributed by atoms with Gasteiger partial charge in [0.05, 0.1) is 17.8 Å². The van der Waals surface area contributed by atoms with E-state index in [4.69, 9.17) is 0 Å². The van der Waals surface area contributed by atoms with E-state index < -0.39 is 5.54 Å². The molecule has 2 rings (SSSR count). The zero-order valence-electron chi connectivity index (χ0n) is 12.6. The molecule has 20 heavy (non-hydrogen) atoms. The van der Waals surface area contributed by atoms with Gasteiger partial charge in [-0.15, -0.1) is 0 Å². The van der Waals surface area contributed by atoms with Crippen LogP contribution in [-0.2, 0) is 11.3 Å². The van der Waals surface area contributed by atoms with Crippen molar-refractivity contribution in [3.8, 4) is 0 Å². The third-order valence-corrected chi connectivity index (χ3v) is 4.34. The Morgan fingerprint density at radius 2 is 2.15 bits per heavy atom. The predicted molar refractivity (Wildman–Crippen MR) is 77.3 cm³/mol. The highest BCUT2D eigenvalue weighted by molar-refractivity contribution is 5.76. The lowest BCUT2D eigenvalue weighted by molar-refractivity contribution is -0.125. The Morgan fingerprint density at radius 1 is 1.50 bits per heavy atom. The molecule has 1 aromatic rings. The second kappa shape index (κ2) is 5.95. The second-order valence-electron chi connectivity index (χ2n) is 6.25. The van der Waals surface area contributed by atoms with Crippen LogP contribution >= 0.6 is 0 Å². The lowest BCUT2D eigenvalue weighted by Crippen LogP contribution is -2.54. The van der Waals surface area contributed by atoms with Crippen LogP contribution in [0.4, 0.5) is 0 Å². The van der Waals surface area contributed by atoms with Gasteiger partial charge in [-0.2, -0.15) is 5.10 Å². The Kier molecular flexibility index (Phi) is 4.48. The molecular weight excluding hydrogens is 254 g/mol. The first-order valence-electron chi connectivity index (χ1n) is 7.37. The highest BCUT2D eigenvalue weighted by atomic mass is 16.3. The summed E-state index contributed by atoms with van der Waals surface area (Å²) in [5.41, 5.74) is 1.46. The maximum atomic E-state index is 12.2. The van der Waals surface area contributed by atoms with Crippen LogP contribution in [0.25, 0.3) is 0 Å². The SMILES string of the molecule is Cc1cc(C)n(CC(=O)NC2(CO)CCC(C)CC2)n1. The molecule has 5 heteroatoms. The standard InChI is InChI=1S/C15H25N3O2/c1-11-4-6-15(10-19,7-5-11)16-14(20)9-18-13(3)8-12(2)17-18/h8,11,19H,4-7,9-10H2,1-3H3,(H,16,20). The van der Waals surface area contributed by atoms with Crippen LogP contribution < -0.4 is 5.32 Å². The van der Waals surface area contributed by atoms with Gasteiger partial charge in [0.25, 0.3) is 0 Å². The van der Waals surface area contributed by atoms with E-state index in [9.17, 15) is 9.90 Å². The second-order valence-corrected chi connectivity index (χ2v) is 6.25. The Labute approximate surface area is 120 Å². The fourth-order valence-corrected chi connectivity index (χ4v) is 2.94. The summed E-state index contributed by atoms with van der Waals surface area (Å²) in [7, 11) is 0. The molecule has 0 aliphatic heterocycles. The molecule has 0 radical (unpaired) electrons. The monoisotopic (exact) mass is 279 g/mol. The topological polar surface area (TPSA) is 67.2 Å². The van der Waals surface area contributed by atoms with Gasteiger partial charge in [0.2, 0.25) is 5.91 Å². The van der Waals surface area contributed by atoms with Crippen LogP contribution in [0.2, 0.25) is 0 Å². The minimum absolute atomic E-state index is 0.0164. The Morgan fingerprint density at radius 3 is 2.65 bits per heavy atom. The van der Waals surface area contributed by atoms with Crippen LogP contribution in [-0.4, -0.2) is 32.9 Å². The van der Waals surface area contributed by atoms with Crippen LogP contribution in [0.1, 0.15) is 44.0 Å². The molecule has 5 nitrogen and oxygen atoms in total. The minimum atomic E-state index is -0.431. The fourth-order valence-electron chi connectivity index (χ4n) is 2.94. The number of carbonyl (C=O) groups excluding carboxylic acids is 1. The van der Waals surface area contributed by atoms with Crippen LogP contribution in [0.5, 0.6) is 0 Å². The van der Waals surface area contributed by atoms with E-state index in [0.29, 0.717) is 5.92 Å². The van der Waals surface area contributed by atoms with Gasteiger partial charge in [-0.3, -0.25) is 9.48 Å². The number of aliphatic hydroxyl groups is 1. The molecule has 2 N–H and O–H groups in total. The number of nitrogens with one attached hydrogen (secondary N) is 1. The van der Waals surface area contributed by atoms with Crippen molar-refractivity contribution in [3.05, 3.63) is 17.5 Å². The highest BCUT2D eigenvalue weighted by Gasteiger charge is 2.35. The lowest BCUT2D eigenvalue weighted by Gasteiger charge is -2.38. The summed E-state index contributed by atoms with van der Waals surface area (Å²) in [4.78, 5) is 12.2. The summed E-state index contributed by atoms with van der Waals surface area (Å²) >= 11 is 0. The zero-order valence-corrected chi connectivity index (χ0v) is 12.6. The number of hydrogen-bond donors (Lipinski definition) is 2. The van der Waals surface area contributed by atoms with Crippen molar-refractivity contribution < 1.29 is 9.90 Å². The molecule has 1 saturated carbocycles. The van der Waals surface area contributed by atoms with Crippen molar-refractivity contribution in [1.29, 1.82) is 0 Å². The number of aliphatic hydroxyl groups excluding tert-OH is 1. The van der Waals surface area contributed by atoms with Gasteiger partial charge in [0.1, 0.15) is 6.54 Å². The first-order valence-corrected chi connectivity index (χ1v) is 7.37. The van der Waals surface area contributed by atoms with Gasteiger partial charge in [-0.1, -0.05) is 6.92 Å². The first kappa shape index (κ1) is 15.0. The van der Waals surface area contributed by atoms with Gasteiger partial charge in [0.15, 0.2) is 0 Å². The number of amides is 1. The third-order valence-electron chi connectivity index (χ3n) is 4.34. The minimum Gasteiger partial charge on any atom is -0.394 e. The fraction of sp³-hybridized carbons (Fsp3) is 0.733. The lowest BCUT2D eigenvalue weighted by atomic mass is 9.77. The maximum absolute atomic E-state index is 12.2. The van der Waals surface area contributed by atoms with Crippen molar-refractivity contribution >= 4 is 5.91 Å². The summed E-state index contributed by atoms with van der Waals surface area (Å²) in [6.07, 6.45) is 3.82. The average Bonchev–Trinajstić information content (AvgIpc) is 2.71. The van der Waals surface area contributed by atoms with E-state index in [2.05, 4.69) is 17.3 Å². The molecule has 1 aromatic heterocycles. The quantitative estimate of drug-likeness (QED) is 0.879. The predicted octanol–water partition coefficient (Wildman–Crippen LogP) is 1.56. The number of carbonyl (C=O) groups is 1. The molecule has 0 atom stereocenters. The molecule has 1 heterocycles. The van der Waals surface area contributed by atoms with E-state index >= 15 is 0 Å². The summed E-state index contributed by atoms with van der Waals surface area (Å²) in [6, 6.07) is 1.96. The molecule has 112 valence electrons. The smallest absolute Gasteiger partial charge is 0.242 e. The molecule has 1 fully saturated rings. The largest absolute Gasteiger partial charge is 0.394 e. The molecular formula is C15H25N3O2. The number of aryl methyl sites for hydroxylation is 2. The van der Waals surface area contributed by atoms with Crippen LogP contribution in [0.15, 0.2) is 6.07 Å². The van der Waals surface area contributed by atoms with E-state index in [1.165, 1.54) is 0 Å². The maximum Gasteiger partial charge on any atom is 0.242 e. The Hall–Kier alpha value is -1.36. The van der Waals surface area contributed by atoms with E-state index in [-0.39, 0.29) is 19.1 Å². The third kappa shape index (κ3) is 3.39. The molecule has 0 spiro atoms. The average molecular weight is 279 g/mol. The molecule has 1 amide bonds. The summed E-state index contributed by atoms with van der Waals surface area (Å²) < 4.78 is 1.71. The zero-order chi connectivity index (χ0) is 14.8. The van der Waals surface area contributed by atoms with Crippen LogP contribution in [0.3, 0.4) is 0 Å². The number of hydrogen-bond acceptors (Lipinski definition) is 3. The van der Waals surface area contributed by atoms with Crippen molar-refractivity contribution in [2.24, 2.45) is 5.92 Å². The van der Waals surface area contributed by atoms with Gasteiger partial charge < -0.3 is 10.4 Å². The molecule has 0 unspecified atom stereocenters. The van der Waals surface area contributed by atoms with E-state index in [0.717, 1.165) is 37.1 Å². The van der Waals surface area contributed by atoms with E-state index in [1.807, 2.05) is 19.9 Å². The summed E-state index contributed by atoms with van der Waals surface area (Å²) in [5.74, 6) is 0.613. The normalized spacial score (nSPS) is 26.5. The van der Waals surface area contributed by atoms with Gasteiger partial charge in [0, 0.05) is 5.69 Å². The summed E-state index contributed by atoms with van der Waals surface area (Å²) in [6.45, 7) is 6.31. The first-order chi connectivity index (χ1) is 9.44. The van der Waals surface area contributed by atoms with Crippen LogP contribution in [0, 0.1) is 19.8 Å². The van der Waals surface area contributed by atoms with Crippen molar-refractivity contribution in [1.82, 2.24) is 15.1 Å². The summed E-state index contributed by atoms with van der Waals surface area (Å²) in [5, 5.41) is 17.0. The van der Waals surface area contributed by atoms with Gasteiger partial charge in [-0.25, -0.2) is 0 Å². The van der Waals surface area contributed by atoms with Gasteiger partial charge in [-0.05, 0) is 51.5 Å². The molecule has 1 aliphatic rings. The Bertz CT molecular complexity index is 473. The Balaban J connectivity index is 1.97. The number of rotatable bonds is 4. The van der Waals surface area contributed by atoms with Crippen molar-refractivity contribution in [3.63, 3.8) is 0 Å². The molecule has 0 bridgehead atoms. The molecule has 1 aliphatic carbocycles.